The standard InChI is InChI=1S/C24H22N2O/c1-17-8-12-20(13-9-17)25-22-16-23(19-6-4-3-5-7-19)26(24(22)27)21-14-10-18(2)11-15-21/h3-16,23,25H,1-2H3. The van der Waals surface area contributed by atoms with Crippen LogP contribution in [0.5, 0.6) is 0 Å². The quantitative estimate of drug-likeness (QED) is 0.681. The van der Waals surface area contributed by atoms with E-state index in [9.17, 15) is 4.79 Å². The summed E-state index contributed by atoms with van der Waals surface area (Å²) in [6.45, 7) is 4.10. The van der Waals surface area contributed by atoms with Crippen molar-refractivity contribution in [2.45, 2.75) is 19.9 Å². The van der Waals surface area contributed by atoms with Crippen molar-refractivity contribution in [1.82, 2.24) is 0 Å². The lowest BCUT2D eigenvalue weighted by molar-refractivity contribution is -0.114. The first-order chi connectivity index (χ1) is 13.1. The van der Waals surface area contributed by atoms with E-state index in [1.165, 1.54) is 11.1 Å². The minimum atomic E-state index is -0.130. The van der Waals surface area contributed by atoms with Crippen molar-refractivity contribution < 1.29 is 4.79 Å². The molecule has 134 valence electrons. The number of amides is 1. The highest BCUT2D eigenvalue weighted by molar-refractivity contribution is 6.11. The number of hydrogen-bond acceptors (Lipinski definition) is 2. The molecule has 0 fully saturated rings. The number of nitrogens with zero attached hydrogens (tertiary/aromatic N) is 1. The lowest BCUT2D eigenvalue weighted by atomic mass is 10.1. The van der Waals surface area contributed by atoms with Gasteiger partial charge in [0.1, 0.15) is 5.70 Å². The third-order valence-corrected chi connectivity index (χ3v) is 4.84. The van der Waals surface area contributed by atoms with Crippen molar-refractivity contribution in [1.29, 1.82) is 0 Å². The second-order valence-electron chi connectivity index (χ2n) is 6.94. The molecule has 3 heteroatoms. The average molecular weight is 354 g/mol. The van der Waals surface area contributed by atoms with Crippen LogP contribution in [0.15, 0.2) is 90.6 Å². The van der Waals surface area contributed by atoms with Gasteiger partial charge < -0.3 is 5.32 Å². The Labute approximate surface area is 160 Å². The van der Waals surface area contributed by atoms with Crippen LogP contribution in [0.4, 0.5) is 11.4 Å². The Morgan fingerprint density at radius 2 is 1.37 bits per heavy atom. The van der Waals surface area contributed by atoms with Gasteiger partial charge in [-0.1, -0.05) is 65.7 Å². The van der Waals surface area contributed by atoms with Gasteiger partial charge in [-0.2, -0.15) is 0 Å². The van der Waals surface area contributed by atoms with Gasteiger partial charge in [-0.25, -0.2) is 0 Å². The van der Waals surface area contributed by atoms with Crippen molar-refractivity contribution in [3.8, 4) is 0 Å². The highest BCUT2D eigenvalue weighted by atomic mass is 16.2. The van der Waals surface area contributed by atoms with Gasteiger partial charge in [0.25, 0.3) is 5.91 Å². The molecule has 27 heavy (non-hydrogen) atoms. The molecule has 1 atom stereocenters. The molecule has 1 aliphatic heterocycles. The predicted molar refractivity (Wildman–Crippen MR) is 111 cm³/mol. The maximum atomic E-state index is 13.2. The molecule has 0 aliphatic carbocycles. The first kappa shape index (κ1) is 17.1. The number of anilines is 2. The van der Waals surface area contributed by atoms with Crippen LogP contribution in [0, 0.1) is 13.8 Å². The zero-order valence-corrected chi connectivity index (χ0v) is 15.5. The van der Waals surface area contributed by atoms with E-state index in [0.717, 1.165) is 16.9 Å². The average Bonchev–Trinajstić information content (AvgIpc) is 3.01. The van der Waals surface area contributed by atoms with E-state index in [1.54, 1.807) is 0 Å². The summed E-state index contributed by atoms with van der Waals surface area (Å²) in [7, 11) is 0. The van der Waals surface area contributed by atoms with Crippen molar-refractivity contribution in [2.24, 2.45) is 0 Å². The van der Waals surface area contributed by atoms with E-state index in [0.29, 0.717) is 5.70 Å². The minimum Gasteiger partial charge on any atom is -0.351 e. The number of carbonyl (C=O) groups is 1. The SMILES string of the molecule is Cc1ccc(NC2=CC(c3ccccc3)N(c3ccc(C)cc3)C2=O)cc1. The number of nitrogens with one attached hydrogen (secondary N) is 1. The normalized spacial score (nSPS) is 16.4. The molecule has 3 aromatic rings. The number of benzene rings is 3. The molecule has 1 N–H and O–H groups in total. The fraction of sp³-hybridized carbons (Fsp3) is 0.125. The van der Waals surface area contributed by atoms with E-state index >= 15 is 0 Å². The maximum Gasteiger partial charge on any atom is 0.275 e. The summed E-state index contributed by atoms with van der Waals surface area (Å²) < 4.78 is 0. The first-order valence-electron chi connectivity index (χ1n) is 9.12. The molecule has 1 unspecified atom stereocenters. The van der Waals surface area contributed by atoms with Gasteiger partial charge in [0.15, 0.2) is 0 Å². The topological polar surface area (TPSA) is 32.3 Å². The second-order valence-corrected chi connectivity index (χ2v) is 6.94. The van der Waals surface area contributed by atoms with Crippen LogP contribution in [0.2, 0.25) is 0 Å². The van der Waals surface area contributed by atoms with Crippen molar-refractivity contribution in [3.05, 3.63) is 107 Å². The number of rotatable bonds is 4. The molecule has 0 saturated heterocycles. The Hall–Kier alpha value is -3.33. The van der Waals surface area contributed by atoms with Gasteiger partial charge in [0, 0.05) is 11.4 Å². The highest BCUT2D eigenvalue weighted by Crippen LogP contribution is 2.36. The van der Waals surface area contributed by atoms with E-state index in [1.807, 2.05) is 91.6 Å². The molecule has 0 aromatic heterocycles. The van der Waals surface area contributed by atoms with E-state index in [-0.39, 0.29) is 11.9 Å². The number of hydrogen-bond donors (Lipinski definition) is 1. The molecule has 0 radical (unpaired) electrons. The Bertz CT molecular complexity index is 973. The molecule has 3 nitrogen and oxygen atoms in total. The van der Waals surface area contributed by atoms with E-state index < -0.39 is 0 Å². The monoisotopic (exact) mass is 354 g/mol. The molecule has 4 rings (SSSR count). The fourth-order valence-electron chi connectivity index (χ4n) is 3.33. The largest absolute Gasteiger partial charge is 0.351 e. The molecule has 1 amide bonds. The van der Waals surface area contributed by atoms with Gasteiger partial charge in [0.2, 0.25) is 0 Å². The van der Waals surface area contributed by atoms with Gasteiger partial charge in [-0.15, -0.1) is 0 Å². The highest BCUT2D eigenvalue weighted by Gasteiger charge is 2.34. The van der Waals surface area contributed by atoms with Crippen LogP contribution in [-0.2, 0) is 4.79 Å². The zero-order valence-electron chi connectivity index (χ0n) is 15.5. The Morgan fingerprint density at radius 3 is 2.00 bits per heavy atom. The molecular formula is C24H22N2O. The van der Waals surface area contributed by atoms with Crippen LogP contribution < -0.4 is 10.2 Å². The fourth-order valence-corrected chi connectivity index (χ4v) is 3.33. The zero-order chi connectivity index (χ0) is 18.8. The maximum absolute atomic E-state index is 13.2. The molecular weight excluding hydrogens is 332 g/mol. The summed E-state index contributed by atoms with van der Waals surface area (Å²) in [5, 5.41) is 3.30. The summed E-state index contributed by atoms with van der Waals surface area (Å²) in [4.78, 5) is 15.1. The van der Waals surface area contributed by atoms with Gasteiger partial charge in [0.05, 0.1) is 6.04 Å². The van der Waals surface area contributed by atoms with Crippen LogP contribution in [0.3, 0.4) is 0 Å². The lowest BCUT2D eigenvalue weighted by Gasteiger charge is -2.25. The van der Waals surface area contributed by atoms with Crippen molar-refractivity contribution in [2.75, 3.05) is 10.2 Å². The van der Waals surface area contributed by atoms with Gasteiger partial charge in [-0.3, -0.25) is 9.69 Å². The number of carbonyl (C=O) groups excluding carboxylic acids is 1. The molecule has 3 aromatic carbocycles. The molecule has 0 spiro atoms. The van der Waals surface area contributed by atoms with Gasteiger partial charge >= 0.3 is 0 Å². The Balaban J connectivity index is 1.71. The second kappa shape index (κ2) is 7.12. The summed E-state index contributed by atoms with van der Waals surface area (Å²) in [5.41, 5.74) is 5.87. The van der Waals surface area contributed by atoms with E-state index in [2.05, 4.69) is 17.4 Å². The van der Waals surface area contributed by atoms with Gasteiger partial charge in [-0.05, 0) is 49.8 Å². The minimum absolute atomic E-state index is 0.0201. The van der Waals surface area contributed by atoms with Crippen molar-refractivity contribution >= 4 is 17.3 Å². The lowest BCUT2D eigenvalue weighted by Crippen LogP contribution is -2.30. The van der Waals surface area contributed by atoms with Crippen LogP contribution in [0.1, 0.15) is 22.7 Å². The number of aryl methyl sites for hydroxylation is 2. The third kappa shape index (κ3) is 3.49. The Kier molecular flexibility index (Phi) is 4.51. The molecule has 1 heterocycles. The summed E-state index contributed by atoms with van der Waals surface area (Å²) in [5.74, 6) is -0.0201. The van der Waals surface area contributed by atoms with E-state index in [4.69, 9.17) is 0 Å². The third-order valence-electron chi connectivity index (χ3n) is 4.84. The smallest absolute Gasteiger partial charge is 0.275 e. The Morgan fingerprint density at radius 1 is 0.778 bits per heavy atom. The summed E-state index contributed by atoms with van der Waals surface area (Å²) in [6, 6.07) is 26.1. The van der Waals surface area contributed by atoms with Crippen molar-refractivity contribution in [3.63, 3.8) is 0 Å². The summed E-state index contributed by atoms with van der Waals surface area (Å²) >= 11 is 0. The van der Waals surface area contributed by atoms with Crippen LogP contribution in [0.25, 0.3) is 0 Å². The molecule has 0 bridgehead atoms. The molecule has 1 aliphatic rings. The summed E-state index contributed by atoms with van der Waals surface area (Å²) in [6.07, 6.45) is 2.01. The van der Waals surface area contributed by atoms with Crippen LogP contribution >= 0.6 is 0 Å². The van der Waals surface area contributed by atoms with Crippen LogP contribution in [-0.4, -0.2) is 5.91 Å². The first-order valence-corrected chi connectivity index (χ1v) is 9.12. The predicted octanol–water partition coefficient (Wildman–Crippen LogP) is 5.39. The molecule has 0 saturated carbocycles.